The van der Waals surface area contributed by atoms with Crippen LogP contribution in [-0.4, -0.2) is 33.6 Å². The van der Waals surface area contributed by atoms with Gasteiger partial charge in [-0.05, 0) is 13.0 Å². The van der Waals surface area contributed by atoms with Gasteiger partial charge in [0.25, 0.3) is 0 Å². The number of methoxy groups -OCH3 is 2. The fourth-order valence-corrected chi connectivity index (χ4v) is 1.06. The van der Waals surface area contributed by atoms with Gasteiger partial charge in [0.1, 0.15) is 0 Å². The number of esters is 1. The smallest absolute Gasteiger partial charge is 0.338 e. The lowest BCUT2D eigenvalue weighted by Gasteiger charge is -2.02. The van der Waals surface area contributed by atoms with Crippen LogP contribution in [0.1, 0.15) is 40.1 Å². The van der Waals surface area contributed by atoms with Crippen molar-refractivity contribution < 1.29 is 19.1 Å². The molecule has 0 heterocycles. The molecule has 0 amide bonds. The van der Waals surface area contributed by atoms with Crippen LogP contribution in [0.2, 0.25) is 0 Å². The van der Waals surface area contributed by atoms with Crippen molar-refractivity contribution in [2.24, 2.45) is 0 Å². The van der Waals surface area contributed by atoms with Crippen molar-refractivity contribution in [3.8, 4) is 0 Å². The summed E-state index contributed by atoms with van der Waals surface area (Å²) in [5, 5.41) is 0. The van der Waals surface area contributed by atoms with E-state index in [1.807, 2.05) is 20.8 Å². The van der Waals surface area contributed by atoms with Crippen molar-refractivity contribution in [3.63, 3.8) is 0 Å². The van der Waals surface area contributed by atoms with Gasteiger partial charge in [-0.3, -0.25) is 4.79 Å². The van der Waals surface area contributed by atoms with Crippen LogP contribution >= 0.6 is 0 Å². The van der Waals surface area contributed by atoms with E-state index < -0.39 is 5.97 Å². The molecule has 0 aliphatic heterocycles. The highest BCUT2D eigenvalue weighted by atomic mass is 16.5. The SMILES string of the molecule is CC.COC.COC(=O)c1cc(C)ccc1C=O. The summed E-state index contributed by atoms with van der Waals surface area (Å²) in [6, 6.07) is 5.01. The highest BCUT2D eigenvalue weighted by Gasteiger charge is 2.10. The lowest BCUT2D eigenvalue weighted by molar-refractivity contribution is 0.0598. The van der Waals surface area contributed by atoms with Crippen LogP contribution in [0.25, 0.3) is 0 Å². The molecule has 1 rings (SSSR count). The molecule has 0 bridgehead atoms. The third-order valence-corrected chi connectivity index (χ3v) is 1.74. The van der Waals surface area contributed by atoms with Crippen LogP contribution in [0.3, 0.4) is 0 Å². The Morgan fingerprint density at radius 3 is 2.06 bits per heavy atom. The second-order valence-corrected chi connectivity index (χ2v) is 3.11. The molecule has 1 aromatic rings. The maximum atomic E-state index is 11.2. The van der Waals surface area contributed by atoms with Crippen molar-refractivity contribution in [2.75, 3.05) is 21.3 Å². The molecule has 4 nitrogen and oxygen atoms in total. The number of carbonyl (C=O) groups excluding carboxylic acids is 2. The van der Waals surface area contributed by atoms with E-state index >= 15 is 0 Å². The molecule has 0 aliphatic carbocycles. The van der Waals surface area contributed by atoms with E-state index in [0.29, 0.717) is 17.4 Å². The van der Waals surface area contributed by atoms with E-state index in [1.165, 1.54) is 7.11 Å². The van der Waals surface area contributed by atoms with Gasteiger partial charge in [-0.1, -0.05) is 31.5 Å². The van der Waals surface area contributed by atoms with E-state index in [-0.39, 0.29) is 0 Å². The molecule has 1 aromatic carbocycles. The summed E-state index contributed by atoms with van der Waals surface area (Å²) in [5.41, 5.74) is 1.60. The minimum Gasteiger partial charge on any atom is -0.465 e. The van der Waals surface area contributed by atoms with Gasteiger partial charge < -0.3 is 9.47 Å². The third-order valence-electron chi connectivity index (χ3n) is 1.74. The zero-order chi connectivity index (χ0) is 14.6. The molecular formula is C14H22O4. The Hall–Kier alpha value is -1.68. The van der Waals surface area contributed by atoms with Gasteiger partial charge in [-0.25, -0.2) is 4.79 Å². The second-order valence-electron chi connectivity index (χ2n) is 3.11. The molecule has 0 atom stereocenters. The summed E-state index contributed by atoms with van der Waals surface area (Å²) in [7, 11) is 4.54. The fraction of sp³-hybridized carbons (Fsp3) is 0.429. The van der Waals surface area contributed by atoms with Gasteiger partial charge in [0, 0.05) is 19.8 Å². The zero-order valence-electron chi connectivity index (χ0n) is 11.9. The number of hydrogen-bond donors (Lipinski definition) is 0. The predicted octanol–water partition coefficient (Wildman–Crippen LogP) is 2.88. The standard InChI is InChI=1S/C10H10O3.C2H6O.C2H6/c1-7-3-4-8(6-11)9(5-7)10(12)13-2;1-3-2;1-2/h3-6H,1-2H3;1-2H3;1-2H3. The summed E-state index contributed by atoms with van der Waals surface area (Å²) in [5.74, 6) is -0.481. The van der Waals surface area contributed by atoms with Crippen molar-refractivity contribution in [3.05, 3.63) is 34.9 Å². The summed E-state index contributed by atoms with van der Waals surface area (Å²) in [4.78, 5) is 21.7. The van der Waals surface area contributed by atoms with Crippen molar-refractivity contribution >= 4 is 12.3 Å². The third kappa shape index (κ3) is 6.81. The first kappa shape index (κ1) is 18.7. The van der Waals surface area contributed by atoms with Gasteiger partial charge in [-0.15, -0.1) is 0 Å². The molecule has 4 heteroatoms. The number of benzene rings is 1. The molecule has 102 valence electrons. The molecular weight excluding hydrogens is 232 g/mol. The van der Waals surface area contributed by atoms with Crippen LogP contribution in [0.4, 0.5) is 0 Å². The number of carbonyl (C=O) groups is 2. The Morgan fingerprint density at radius 1 is 1.17 bits per heavy atom. The van der Waals surface area contributed by atoms with Gasteiger partial charge in [-0.2, -0.15) is 0 Å². The number of aryl methyl sites for hydroxylation is 1. The fourth-order valence-electron chi connectivity index (χ4n) is 1.06. The number of hydrogen-bond acceptors (Lipinski definition) is 4. The van der Waals surface area contributed by atoms with Crippen LogP contribution in [0.15, 0.2) is 18.2 Å². The molecule has 18 heavy (non-hydrogen) atoms. The monoisotopic (exact) mass is 254 g/mol. The molecule has 0 radical (unpaired) electrons. The van der Waals surface area contributed by atoms with Crippen LogP contribution in [0.5, 0.6) is 0 Å². The topological polar surface area (TPSA) is 52.6 Å². The average Bonchev–Trinajstić information content (AvgIpc) is 2.41. The van der Waals surface area contributed by atoms with Crippen molar-refractivity contribution in [2.45, 2.75) is 20.8 Å². The Bertz CT molecular complexity index is 359. The zero-order valence-corrected chi connectivity index (χ0v) is 11.9. The molecule has 0 unspecified atom stereocenters. The first-order valence-electron chi connectivity index (χ1n) is 5.65. The summed E-state index contributed by atoms with van der Waals surface area (Å²) >= 11 is 0. The first-order valence-corrected chi connectivity index (χ1v) is 5.65. The highest BCUT2D eigenvalue weighted by molar-refractivity contribution is 5.98. The van der Waals surface area contributed by atoms with Crippen LogP contribution in [0, 0.1) is 6.92 Å². The summed E-state index contributed by atoms with van der Waals surface area (Å²) in [6.45, 7) is 5.85. The Kier molecular flexibility index (Phi) is 12.2. The maximum absolute atomic E-state index is 11.2. The largest absolute Gasteiger partial charge is 0.465 e. The molecule has 0 spiro atoms. The van der Waals surface area contributed by atoms with E-state index in [4.69, 9.17) is 0 Å². The van der Waals surface area contributed by atoms with Gasteiger partial charge in [0.2, 0.25) is 0 Å². The lowest BCUT2D eigenvalue weighted by atomic mass is 10.1. The van der Waals surface area contributed by atoms with Crippen LogP contribution < -0.4 is 0 Å². The molecule has 0 aliphatic rings. The quantitative estimate of drug-likeness (QED) is 0.601. The summed E-state index contributed by atoms with van der Waals surface area (Å²) < 4.78 is 8.79. The molecule has 0 saturated carbocycles. The molecule has 0 fully saturated rings. The number of aldehydes is 1. The Morgan fingerprint density at radius 2 is 1.67 bits per heavy atom. The predicted molar refractivity (Wildman–Crippen MR) is 72.2 cm³/mol. The Labute approximate surface area is 109 Å². The van der Waals surface area contributed by atoms with E-state index in [2.05, 4.69) is 9.47 Å². The Balaban J connectivity index is 0. The van der Waals surface area contributed by atoms with E-state index in [9.17, 15) is 9.59 Å². The summed E-state index contributed by atoms with van der Waals surface area (Å²) in [6.07, 6.45) is 0.645. The van der Waals surface area contributed by atoms with Gasteiger partial charge in [0.15, 0.2) is 6.29 Å². The average molecular weight is 254 g/mol. The number of ether oxygens (including phenoxy) is 2. The van der Waals surface area contributed by atoms with Crippen molar-refractivity contribution in [1.82, 2.24) is 0 Å². The maximum Gasteiger partial charge on any atom is 0.338 e. The van der Waals surface area contributed by atoms with Gasteiger partial charge >= 0.3 is 5.97 Å². The minimum atomic E-state index is -0.481. The first-order chi connectivity index (χ1) is 8.60. The van der Waals surface area contributed by atoms with Crippen molar-refractivity contribution in [1.29, 1.82) is 0 Å². The van der Waals surface area contributed by atoms with Gasteiger partial charge in [0.05, 0.1) is 12.7 Å². The second kappa shape index (κ2) is 11.8. The van der Waals surface area contributed by atoms with E-state index in [1.54, 1.807) is 32.4 Å². The normalized spacial score (nSPS) is 8.11. The number of rotatable bonds is 2. The molecule has 0 saturated heterocycles. The molecule has 0 aromatic heterocycles. The highest BCUT2D eigenvalue weighted by Crippen LogP contribution is 2.10. The minimum absolute atomic E-state index is 0.317. The van der Waals surface area contributed by atoms with E-state index in [0.717, 1.165) is 5.56 Å². The molecule has 0 N–H and O–H groups in total. The van der Waals surface area contributed by atoms with Crippen LogP contribution in [-0.2, 0) is 9.47 Å². The lowest BCUT2D eigenvalue weighted by Crippen LogP contribution is -2.05.